The van der Waals surface area contributed by atoms with Crippen molar-refractivity contribution >= 4 is 46.6 Å². The molecular weight excluding hydrogens is 417 g/mol. The average Bonchev–Trinajstić information content (AvgIpc) is 3.06. The van der Waals surface area contributed by atoms with Crippen LogP contribution in [0.4, 0.5) is 5.69 Å². The molecule has 30 heavy (non-hydrogen) atoms. The van der Waals surface area contributed by atoms with Gasteiger partial charge in [-0.3, -0.25) is 9.69 Å². The maximum atomic E-state index is 13.4. The molecule has 0 spiro atoms. The number of hydrogen-bond acceptors (Lipinski definition) is 2. The minimum atomic E-state index is -0.137. The number of para-hydroxylation sites is 1. The van der Waals surface area contributed by atoms with Gasteiger partial charge in [0.2, 0.25) is 0 Å². The van der Waals surface area contributed by atoms with Crippen molar-refractivity contribution in [2.75, 3.05) is 11.5 Å². The van der Waals surface area contributed by atoms with Gasteiger partial charge in [-0.1, -0.05) is 59.6 Å². The lowest BCUT2D eigenvalue weighted by Crippen LogP contribution is -2.25. The summed E-state index contributed by atoms with van der Waals surface area (Å²) in [4.78, 5) is 15.0. The van der Waals surface area contributed by atoms with E-state index in [-0.39, 0.29) is 5.91 Å². The van der Waals surface area contributed by atoms with Crippen molar-refractivity contribution in [2.45, 2.75) is 6.92 Å². The number of carbonyl (C=O) groups is 1. The second kappa shape index (κ2) is 8.78. The highest BCUT2D eigenvalue weighted by Gasteiger charge is 2.31. The van der Waals surface area contributed by atoms with Crippen LogP contribution >= 0.6 is 23.2 Å². The number of rotatable bonds is 5. The lowest BCUT2D eigenvalue weighted by atomic mass is 10.1. The van der Waals surface area contributed by atoms with Crippen molar-refractivity contribution in [3.8, 4) is 5.75 Å². The van der Waals surface area contributed by atoms with Crippen LogP contribution in [0.15, 0.2) is 84.4 Å². The molecule has 3 aromatic carbocycles. The highest BCUT2D eigenvalue weighted by Crippen LogP contribution is 2.38. The van der Waals surface area contributed by atoms with Crippen LogP contribution in [-0.4, -0.2) is 12.5 Å². The monoisotopic (exact) mass is 435 g/mol. The quantitative estimate of drug-likeness (QED) is 0.409. The van der Waals surface area contributed by atoms with Crippen molar-refractivity contribution in [2.24, 2.45) is 0 Å². The molecule has 150 valence electrons. The molecule has 5 heteroatoms. The fraction of sp³-hybridized carbons (Fsp3) is 0.0800. The molecule has 0 saturated heterocycles. The van der Waals surface area contributed by atoms with Gasteiger partial charge in [0.05, 0.1) is 23.0 Å². The molecule has 0 radical (unpaired) electrons. The van der Waals surface area contributed by atoms with Gasteiger partial charge in [-0.15, -0.1) is 0 Å². The Kier molecular flexibility index (Phi) is 5.93. The van der Waals surface area contributed by atoms with Gasteiger partial charge in [-0.2, -0.15) is 0 Å². The topological polar surface area (TPSA) is 29.5 Å². The molecule has 1 amide bonds. The Balaban J connectivity index is 1.77. The number of hydrogen-bond donors (Lipinski definition) is 0. The molecule has 0 fully saturated rings. The van der Waals surface area contributed by atoms with Crippen LogP contribution in [0.3, 0.4) is 0 Å². The van der Waals surface area contributed by atoms with E-state index in [2.05, 4.69) is 0 Å². The van der Waals surface area contributed by atoms with Crippen LogP contribution in [0.2, 0.25) is 10.0 Å². The molecule has 0 saturated carbocycles. The van der Waals surface area contributed by atoms with Crippen molar-refractivity contribution < 1.29 is 9.53 Å². The van der Waals surface area contributed by atoms with E-state index in [1.165, 1.54) is 0 Å². The van der Waals surface area contributed by atoms with Gasteiger partial charge >= 0.3 is 0 Å². The third kappa shape index (κ3) is 4.13. The molecule has 0 unspecified atom stereocenters. The predicted octanol–water partition coefficient (Wildman–Crippen LogP) is 6.86. The van der Waals surface area contributed by atoms with Gasteiger partial charge in [0.15, 0.2) is 0 Å². The van der Waals surface area contributed by atoms with Gasteiger partial charge < -0.3 is 4.74 Å². The van der Waals surface area contributed by atoms with E-state index in [1.807, 2.05) is 73.7 Å². The van der Waals surface area contributed by atoms with Crippen LogP contribution in [-0.2, 0) is 4.79 Å². The Morgan fingerprint density at radius 2 is 1.63 bits per heavy atom. The summed E-state index contributed by atoms with van der Waals surface area (Å²) < 4.78 is 5.49. The number of anilines is 1. The highest BCUT2D eigenvalue weighted by atomic mass is 35.5. The zero-order valence-corrected chi connectivity index (χ0v) is 17.8. The van der Waals surface area contributed by atoms with Gasteiger partial charge in [0.1, 0.15) is 5.75 Å². The SMILES string of the molecule is CCOc1ccc(/C=C2\C=C(c3ccc(Cl)cc3)N(c3ccccc3Cl)C2=O)cc1. The van der Waals surface area contributed by atoms with Crippen LogP contribution in [0.1, 0.15) is 18.1 Å². The Bertz CT molecular complexity index is 1130. The number of benzene rings is 3. The van der Waals surface area contributed by atoms with Gasteiger partial charge in [-0.05, 0) is 66.6 Å². The average molecular weight is 436 g/mol. The fourth-order valence-corrected chi connectivity index (χ4v) is 3.67. The zero-order valence-electron chi connectivity index (χ0n) is 16.3. The summed E-state index contributed by atoms with van der Waals surface area (Å²) >= 11 is 12.5. The first kappa shape index (κ1) is 20.3. The Morgan fingerprint density at radius 3 is 2.30 bits per heavy atom. The second-order valence-electron chi connectivity index (χ2n) is 6.73. The summed E-state index contributed by atoms with van der Waals surface area (Å²) in [5.41, 5.74) is 3.75. The Labute approximate surface area is 185 Å². The van der Waals surface area contributed by atoms with Gasteiger partial charge in [0.25, 0.3) is 5.91 Å². The summed E-state index contributed by atoms with van der Waals surface area (Å²) in [5, 5.41) is 1.14. The summed E-state index contributed by atoms with van der Waals surface area (Å²) in [5.74, 6) is 0.662. The smallest absolute Gasteiger partial charge is 0.262 e. The van der Waals surface area contributed by atoms with E-state index in [9.17, 15) is 4.79 Å². The molecule has 3 nitrogen and oxygen atoms in total. The third-order valence-electron chi connectivity index (χ3n) is 4.73. The molecule has 4 rings (SSSR count). The van der Waals surface area contributed by atoms with Crippen molar-refractivity contribution in [1.82, 2.24) is 0 Å². The Morgan fingerprint density at radius 1 is 0.933 bits per heavy atom. The largest absolute Gasteiger partial charge is 0.494 e. The summed E-state index contributed by atoms with van der Waals surface area (Å²) in [7, 11) is 0. The normalized spacial score (nSPS) is 14.9. The maximum Gasteiger partial charge on any atom is 0.262 e. The molecule has 1 heterocycles. The van der Waals surface area contributed by atoms with E-state index in [1.54, 1.807) is 23.1 Å². The van der Waals surface area contributed by atoms with Crippen molar-refractivity contribution in [3.63, 3.8) is 0 Å². The third-order valence-corrected chi connectivity index (χ3v) is 5.30. The van der Waals surface area contributed by atoms with Crippen LogP contribution in [0, 0.1) is 0 Å². The molecule has 1 aliphatic rings. The van der Waals surface area contributed by atoms with E-state index in [4.69, 9.17) is 27.9 Å². The molecule has 0 atom stereocenters. The zero-order chi connectivity index (χ0) is 21.1. The highest BCUT2D eigenvalue weighted by molar-refractivity contribution is 6.35. The van der Waals surface area contributed by atoms with Crippen molar-refractivity contribution in [1.29, 1.82) is 0 Å². The number of ether oxygens (including phenoxy) is 1. The number of halogens is 2. The van der Waals surface area contributed by atoms with Crippen LogP contribution < -0.4 is 9.64 Å². The van der Waals surface area contributed by atoms with E-state index in [0.717, 1.165) is 22.6 Å². The number of amides is 1. The first-order valence-corrected chi connectivity index (χ1v) is 10.3. The second-order valence-corrected chi connectivity index (χ2v) is 7.57. The molecule has 0 bridgehead atoms. The van der Waals surface area contributed by atoms with E-state index >= 15 is 0 Å². The van der Waals surface area contributed by atoms with Gasteiger partial charge in [0, 0.05) is 10.6 Å². The molecule has 1 aliphatic heterocycles. The molecule has 0 aromatic heterocycles. The summed E-state index contributed by atoms with van der Waals surface area (Å²) in [6.45, 7) is 2.55. The lowest BCUT2D eigenvalue weighted by Gasteiger charge is -2.22. The van der Waals surface area contributed by atoms with E-state index in [0.29, 0.717) is 27.9 Å². The van der Waals surface area contributed by atoms with Crippen molar-refractivity contribution in [3.05, 3.63) is 106 Å². The fourth-order valence-electron chi connectivity index (χ4n) is 3.33. The molecule has 3 aromatic rings. The van der Waals surface area contributed by atoms with Crippen LogP contribution in [0.25, 0.3) is 11.8 Å². The number of carbonyl (C=O) groups excluding carboxylic acids is 1. The first-order chi connectivity index (χ1) is 14.6. The molecule has 0 aliphatic carbocycles. The van der Waals surface area contributed by atoms with E-state index < -0.39 is 0 Å². The van der Waals surface area contributed by atoms with Crippen LogP contribution in [0.5, 0.6) is 5.75 Å². The predicted molar refractivity (Wildman–Crippen MR) is 124 cm³/mol. The minimum absolute atomic E-state index is 0.137. The first-order valence-electron chi connectivity index (χ1n) is 9.58. The van der Waals surface area contributed by atoms with Gasteiger partial charge in [-0.25, -0.2) is 0 Å². The summed E-state index contributed by atoms with van der Waals surface area (Å²) in [6.07, 6.45) is 3.75. The standard InChI is InChI=1S/C25H19Cl2NO2/c1-2-30-21-13-7-17(8-14-21)15-19-16-24(18-9-11-20(26)12-10-18)28(25(19)29)23-6-4-3-5-22(23)27/h3-16H,2H2,1H3/b19-15+. The minimum Gasteiger partial charge on any atom is -0.494 e. The molecule has 0 N–H and O–H groups in total. The summed E-state index contributed by atoms with van der Waals surface area (Å²) in [6, 6.07) is 22.4. The lowest BCUT2D eigenvalue weighted by molar-refractivity contribution is -0.113. The Hall–Kier alpha value is -3.01. The number of nitrogens with zero attached hydrogens (tertiary/aromatic N) is 1. The molecular formula is C25H19Cl2NO2. The maximum absolute atomic E-state index is 13.4.